The van der Waals surface area contributed by atoms with E-state index in [-0.39, 0.29) is 64.4 Å². The van der Waals surface area contributed by atoms with Crippen LogP contribution < -0.4 is 5.73 Å². The van der Waals surface area contributed by atoms with Gasteiger partial charge in [-0.1, -0.05) is 23.3 Å². The number of ketones is 1. The van der Waals surface area contributed by atoms with Crippen LogP contribution in [0.4, 0.5) is 0 Å². The summed E-state index contributed by atoms with van der Waals surface area (Å²) in [7, 11) is 11.6. The van der Waals surface area contributed by atoms with E-state index in [1.54, 1.807) is 14.2 Å². The summed E-state index contributed by atoms with van der Waals surface area (Å²) in [6, 6.07) is 0. The molecule has 0 radical (unpaired) electrons. The van der Waals surface area contributed by atoms with Crippen molar-refractivity contribution in [3.05, 3.63) is 46.6 Å². The van der Waals surface area contributed by atoms with Gasteiger partial charge in [0.05, 0.1) is 49.5 Å². The molecular formula is C47H79N3O9. The third-order valence-electron chi connectivity index (χ3n) is 13.1. The first-order chi connectivity index (χ1) is 27.8. The largest absolute Gasteiger partial charge is 0.478 e. The van der Waals surface area contributed by atoms with Gasteiger partial charge in [-0.25, -0.2) is 4.79 Å². The van der Waals surface area contributed by atoms with Gasteiger partial charge in [0.15, 0.2) is 5.78 Å². The van der Waals surface area contributed by atoms with Crippen LogP contribution in [0.1, 0.15) is 106 Å². The number of methoxy groups -OCH3 is 2. The molecule has 4 aliphatic heterocycles. The Labute approximate surface area is 355 Å². The van der Waals surface area contributed by atoms with Crippen molar-refractivity contribution in [2.45, 2.75) is 153 Å². The minimum atomic E-state index is -0.920. The summed E-state index contributed by atoms with van der Waals surface area (Å²) in [6.45, 7) is 17.1. The van der Waals surface area contributed by atoms with Crippen LogP contribution in [0.15, 0.2) is 46.6 Å². The molecule has 4 saturated heterocycles. The van der Waals surface area contributed by atoms with E-state index in [9.17, 15) is 9.59 Å². The zero-order valence-corrected chi connectivity index (χ0v) is 38.6. The maximum atomic E-state index is 12.6. The number of aliphatic carboxylic acids is 1. The molecular weight excluding hydrogens is 751 g/mol. The molecule has 336 valence electrons. The van der Waals surface area contributed by atoms with E-state index in [0.717, 1.165) is 88.8 Å². The van der Waals surface area contributed by atoms with Crippen LogP contribution in [0.3, 0.4) is 0 Å². The summed E-state index contributed by atoms with van der Waals surface area (Å²) >= 11 is 0. The number of nitrogens with two attached hydrogens (primary N) is 1. The highest BCUT2D eigenvalue weighted by atomic mass is 16.6. The fraction of sp³-hybridized carbons (Fsp3) is 0.787. The fourth-order valence-corrected chi connectivity index (χ4v) is 9.56. The molecule has 2 aliphatic carbocycles. The number of nitrogens with zero attached hydrogens (tertiary/aromatic N) is 2. The molecule has 0 amide bonds. The molecule has 6 rings (SSSR count). The second kappa shape index (κ2) is 21.2. The Morgan fingerprint density at radius 3 is 1.51 bits per heavy atom. The Bertz CT molecular complexity index is 1540. The van der Waals surface area contributed by atoms with Gasteiger partial charge >= 0.3 is 5.97 Å². The molecule has 12 heteroatoms. The molecule has 12 nitrogen and oxygen atoms in total. The molecule has 6 fully saturated rings. The Kier molecular flexibility index (Phi) is 17.8. The van der Waals surface area contributed by atoms with Crippen molar-refractivity contribution in [1.29, 1.82) is 0 Å². The normalized spacial score (nSPS) is 36.5. The SMILES string of the molecule is CN(C)CCCN.CO[C@@H]1C(=CC(=O)CCCCN(C)C)CC[C@]2(CO2)[C@H]1[C@@]1(C)O[C@@H]1CC=C(C)C.CO[C@@H]1C(=CC(=O)O)CC[C@]2(CO2)[C@H]1[C@@]1(C)O[C@@H]1CC=C(C)C. The molecule has 0 aromatic rings. The molecule has 3 N–H and O–H groups in total. The minimum Gasteiger partial charge on any atom is -0.478 e. The van der Waals surface area contributed by atoms with Crippen LogP contribution in [0.25, 0.3) is 0 Å². The third kappa shape index (κ3) is 13.1. The molecule has 10 atom stereocenters. The van der Waals surface area contributed by atoms with Gasteiger partial charge in [-0.2, -0.15) is 0 Å². The predicted octanol–water partition coefficient (Wildman–Crippen LogP) is 6.52. The number of allylic oxidation sites excluding steroid dienone is 3. The van der Waals surface area contributed by atoms with E-state index in [0.29, 0.717) is 19.4 Å². The molecule has 0 unspecified atom stereocenters. The maximum absolute atomic E-state index is 12.6. The molecule has 0 bridgehead atoms. The van der Waals surface area contributed by atoms with Crippen molar-refractivity contribution in [3.8, 4) is 0 Å². The lowest BCUT2D eigenvalue weighted by Crippen LogP contribution is -2.50. The number of carboxylic acids is 1. The zero-order valence-electron chi connectivity index (χ0n) is 38.6. The van der Waals surface area contributed by atoms with Crippen molar-refractivity contribution < 1.29 is 43.1 Å². The van der Waals surface area contributed by atoms with Crippen LogP contribution in [0.5, 0.6) is 0 Å². The Morgan fingerprint density at radius 2 is 1.17 bits per heavy atom. The van der Waals surface area contributed by atoms with Crippen molar-refractivity contribution in [1.82, 2.24) is 9.80 Å². The van der Waals surface area contributed by atoms with Crippen LogP contribution >= 0.6 is 0 Å². The van der Waals surface area contributed by atoms with Crippen LogP contribution in [-0.4, -0.2) is 149 Å². The molecule has 59 heavy (non-hydrogen) atoms. The fourth-order valence-electron chi connectivity index (χ4n) is 9.56. The summed E-state index contributed by atoms with van der Waals surface area (Å²) in [6.07, 6.45) is 16.4. The first-order valence-electron chi connectivity index (χ1n) is 21.9. The molecule has 4 heterocycles. The number of carbonyl (C=O) groups excluding carboxylic acids is 1. The number of rotatable bonds is 18. The van der Waals surface area contributed by atoms with Gasteiger partial charge in [0.1, 0.15) is 22.4 Å². The number of hydrogen-bond donors (Lipinski definition) is 2. The quantitative estimate of drug-likeness (QED) is 0.0669. The van der Waals surface area contributed by atoms with Gasteiger partial charge < -0.3 is 49.1 Å². The lowest BCUT2D eigenvalue weighted by molar-refractivity contribution is -0.131. The number of ether oxygens (including phenoxy) is 6. The smallest absolute Gasteiger partial charge is 0.328 e. The summed E-state index contributed by atoms with van der Waals surface area (Å²) in [5.41, 5.74) is 8.88. The average molecular weight is 830 g/mol. The molecule has 0 aromatic carbocycles. The summed E-state index contributed by atoms with van der Waals surface area (Å²) in [4.78, 5) is 28.0. The monoisotopic (exact) mass is 830 g/mol. The highest BCUT2D eigenvalue weighted by Crippen LogP contribution is 2.61. The van der Waals surface area contributed by atoms with E-state index < -0.39 is 5.97 Å². The number of carboxylic acid groups (broad SMARTS) is 1. The predicted molar refractivity (Wildman–Crippen MR) is 232 cm³/mol. The first-order valence-corrected chi connectivity index (χ1v) is 21.9. The van der Waals surface area contributed by atoms with Gasteiger partial charge in [-0.15, -0.1) is 0 Å². The average Bonchev–Trinajstić information content (AvgIpc) is 4.04. The second-order valence-corrected chi connectivity index (χ2v) is 19.0. The number of unbranched alkanes of at least 4 members (excludes halogenated alkanes) is 1. The minimum absolute atomic E-state index is 0.0370. The van der Waals surface area contributed by atoms with Gasteiger partial charge in [0.2, 0.25) is 0 Å². The Hall–Kier alpha value is -2.26. The first kappa shape index (κ1) is 49.4. The zero-order chi connectivity index (χ0) is 43.8. The number of carbonyl (C=O) groups is 2. The van der Waals surface area contributed by atoms with Crippen molar-refractivity contribution >= 4 is 11.8 Å². The van der Waals surface area contributed by atoms with Gasteiger partial charge in [-0.05, 0) is 164 Å². The number of epoxide rings is 4. The summed E-state index contributed by atoms with van der Waals surface area (Å²) in [5.74, 6) is -0.529. The van der Waals surface area contributed by atoms with Gasteiger partial charge in [0, 0.05) is 26.7 Å². The lowest BCUT2D eigenvalue weighted by atomic mass is 9.67. The standard InChI is InChI=1S/C24H39NO4.C18H26O5.C5H14N2/c1-17(2)10-11-20-23(3,29-20)22-21(27-6)18(12-13-24(22)16-28-24)15-19(26)9-7-8-14-25(4)5;1-11(2)5-6-13-17(3,23-13)16-15(21-4)12(9-14(19)20)7-8-18(16)10-22-18;1-7(2)5-3-4-6/h10,15,20-22H,7-9,11-14,16H2,1-6H3;5,9,13,15-16H,6-8,10H2,1-4H3,(H,19,20);3-6H2,1-2H3/t20-,21-,22-,23+,24+;13-,15-,16-,17+,18+;/m11./s1. The highest BCUT2D eigenvalue weighted by Gasteiger charge is 2.72. The van der Waals surface area contributed by atoms with E-state index in [1.165, 1.54) is 17.2 Å². The van der Waals surface area contributed by atoms with Crippen molar-refractivity contribution in [2.24, 2.45) is 17.6 Å². The van der Waals surface area contributed by atoms with Crippen molar-refractivity contribution in [2.75, 3.05) is 75.3 Å². The number of hydrogen-bond acceptors (Lipinski definition) is 11. The van der Waals surface area contributed by atoms with E-state index in [4.69, 9.17) is 39.3 Å². The summed E-state index contributed by atoms with van der Waals surface area (Å²) < 4.78 is 35.8. The van der Waals surface area contributed by atoms with Crippen LogP contribution in [-0.2, 0) is 38.0 Å². The topological polar surface area (TPSA) is 155 Å². The Morgan fingerprint density at radius 1 is 0.746 bits per heavy atom. The van der Waals surface area contributed by atoms with E-state index in [1.807, 2.05) is 6.08 Å². The van der Waals surface area contributed by atoms with E-state index >= 15 is 0 Å². The molecule has 6 aliphatic rings. The second-order valence-electron chi connectivity index (χ2n) is 19.0. The van der Waals surface area contributed by atoms with Crippen LogP contribution in [0, 0.1) is 11.8 Å². The Balaban J connectivity index is 0.000000229. The van der Waals surface area contributed by atoms with Gasteiger partial charge in [-0.3, -0.25) is 4.79 Å². The molecule has 0 aromatic heterocycles. The lowest BCUT2D eigenvalue weighted by Gasteiger charge is -2.40. The third-order valence-corrected chi connectivity index (χ3v) is 13.1. The molecule has 2 spiro atoms. The van der Waals surface area contributed by atoms with Gasteiger partial charge in [0.25, 0.3) is 0 Å². The van der Waals surface area contributed by atoms with E-state index in [2.05, 4.69) is 91.7 Å². The van der Waals surface area contributed by atoms with Crippen LogP contribution in [0.2, 0.25) is 0 Å². The maximum Gasteiger partial charge on any atom is 0.328 e. The highest BCUT2D eigenvalue weighted by molar-refractivity contribution is 5.90. The van der Waals surface area contributed by atoms with Crippen molar-refractivity contribution in [3.63, 3.8) is 0 Å². The summed E-state index contributed by atoms with van der Waals surface area (Å²) in [5, 5.41) is 9.12. The molecule has 2 saturated carbocycles.